The number of rotatable bonds is 5. The van der Waals surface area contributed by atoms with Gasteiger partial charge in [0.05, 0.1) is 0 Å². The van der Waals surface area contributed by atoms with Gasteiger partial charge in [-0.1, -0.05) is 24.3 Å². The number of carboxylic acid groups (broad SMARTS) is 1. The highest BCUT2D eigenvalue weighted by Gasteiger charge is 2.54. The quantitative estimate of drug-likeness (QED) is 0.828. The van der Waals surface area contributed by atoms with E-state index in [9.17, 15) is 9.90 Å². The number of halogens is 1. The van der Waals surface area contributed by atoms with E-state index in [1.165, 1.54) is 11.3 Å². The third-order valence-electron chi connectivity index (χ3n) is 5.57. The van der Waals surface area contributed by atoms with Crippen LogP contribution >= 0.6 is 23.7 Å². The molecule has 1 aromatic carbocycles. The van der Waals surface area contributed by atoms with E-state index in [1.54, 1.807) is 0 Å². The molecule has 25 heavy (non-hydrogen) atoms. The van der Waals surface area contributed by atoms with Crippen LogP contribution in [0.1, 0.15) is 17.7 Å². The Balaban J connectivity index is 0.00000182. The number of carbonyl (C=O) groups is 1. The van der Waals surface area contributed by atoms with E-state index < -0.39 is 11.5 Å². The number of anilines is 1. The number of aliphatic carboxylic acids is 1. The highest BCUT2D eigenvalue weighted by Crippen LogP contribution is 2.46. The zero-order valence-corrected chi connectivity index (χ0v) is 15.6. The van der Waals surface area contributed by atoms with E-state index in [0.717, 1.165) is 43.0 Å². The number of benzene rings is 1. The predicted octanol–water partition coefficient (Wildman–Crippen LogP) is 3.90. The summed E-state index contributed by atoms with van der Waals surface area (Å²) < 4.78 is 0. The first-order valence-corrected chi connectivity index (χ1v) is 9.41. The normalized spacial score (nSPS) is 27.1. The van der Waals surface area contributed by atoms with Gasteiger partial charge in [0, 0.05) is 23.0 Å². The van der Waals surface area contributed by atoms with Crippen molar-refractivity contribution in [2.24, 2.45) is 11.8 Å². The van der Waals surface area contributed by atoms with Crippen molar-refractivity contribution in [2.45, 2.75) is 18.4 Å². The van der Waals surface area contributed by atoms with Crippen LogP contribution in [0.2, 0.25) is 0 Å². The van der Waals surface area contributed by atoms with Gasteiger partial charge in [-0.3, -0.25) is 0 Å². The molecule has 1 aromatic heterocycles. The Morgan fingerprint density at radius 1 is 1.16 bits per heavy atom. The SMILES string of the molecule is Cl.O=C(O)C(Nc1ccccc1)(c1cccs1)[C@H]1CN2CCC1CC2. The van der Waals surface area contributed by atoms with Gasteiger partial charge >= 0.3 is 5.97 Å². The lowest BCUT2D eigenvalue weighted by Crippen LogP contribution is -2.60. The fourth-order valence-electron chi connectivity index (χ4n) is 4.36. The van der Waals surface area contributed by atoms with Gasteiger partial charge in [-0.15, -0.1) is 23.7 Å². The number of nitrogens with one attached hydrogen (secondary N) is 1. The van der Waals surface area contributed by atoms with Crippen LogP contribution in [0.25, 0.3) is 0 Å². The van der Waals surface area contributed by atoms with Crippen molar-refractivity contribution in [1.82, 2.24) is 4.90 Å². The molecule has 6 heteroatoms. The Hall–Kier alpha value is -1.56. The van der Waals surface area contributed by atoms with Gasteiger partial charge in [0.15, 0.2) is 5.54 Å². The van der Waals surface area contributed by atoms with Crippen LogP contribution in [0.5, 0.6) is 0 Å². The molecule has 3 aliphatic heterocycles. The molecule has 2 N–H and O–H groups in total. The van der Waals surface area contributed by atoms with Crippen molar-refractivity contribution >= 4 is 35.4 Å². The summed E-state index contributed by atoms with van der Waals surface area (Å²) in [7, 11) is 0. The van der Waals surface area contributed by atoms with Gasteiger partial charge in [-0.2, -0.15) is 0 Å². The van der Waals surface area contributed by atoms with Crippen molar-refractivity contribution in [3.8, 4) is 0 Å². The van der Waals surface area contributed by atoms with Crippen LogP contribution in [0, 0.1) is 11.8 Å². The maximum Gasteiger partial charge on any atom is 0.335 e. The molecule has 3 aliphatic rings. The number of para-hydroxylation sites is 1. The molecule has 5 rings (SSSR count). The molecular formula is C19H23ClN2O2S. The Morgan fingerprint density at radius 2 is 1.88 bits per heavy atom. The summed E-state index contributed by atoms with van der Waals surface area (Å²) in [5, 5.41) is 15.8. The van der Waals surface area contributed by atoms with Crippen molar-refractivity contribution in [3.05, 3.63) is 52.7 Å². The number of hydrogen-bond donors (Lipinski definition) is 2. The number of nitrogens with zero attached hydrogens (tertiary/aromatic N) is 1. The highest BCUT2D eigenvalue weighted by atomic mass is 35.5. The minimum Gasteiger partial charge on any atom is -0.479 e. The van der Waals surface area contributed by atoms with Crippen LogP contribution in [-0.2, 0) is 10.3 Å². The van der Waals surface area contributed by atoms with Crippen LogP contribution in [0.15, 0.2) is 47.8 Å². The van der Waals surface area contributed by atoms with E-state index in [-0.39, 0.29) is 18.3 Å². The fourth-order valence-corrected chi connectivity index (χ4v) is 5.30. The lowest BCUT2D eigenvalue weighted by molar-refractivity contribution is -0.148. The minimum atomic E-state index is -1.06. The van der Waals surface area contributed by atoms with Gasteiger partial charge in [0.1, 0.15) is 0 Å². The smallest absolute Gasteiger partial charge is 0.335 e. The number of piperidine rings is 3. The number of hydrogen-bond acceptors (Lipinski definition) is 4. The third-order valence-corrected chi connectivity index (χ3v) is 6.58. The Bertz CT molecular complexity index is 701. The van der Waals surface area contributed by atoms with E-state index in [0.29, 0.717) is 5.92 Å². The predicted molar refractivity (Wildman–Crippen MR) is 104 cm³/mol. The van der Waals surface area contributed by atoms with E-state index >= 15 is 0 Å². The summed E-state index contributed by atoms with van der Waals surface area (Å²) in [6, 6.07) is 13.7. The summed E-state index contributed by atoms with van der Waals surface area (Å²) in [5.74, 6) is -0.228. The second-order valence-corrected chi connectivity index (χ2v) is 7.77. The Labute approximate surface area is 158 Å². The minimum absolute atomic E-state index is 0. The molecule has 2 aromatic rings. The largest absolute Gasteiger partial charge is 0.479 e. The molecule has 2 atom stereocenters. The van der Waals surface area contributed by atoms with Gasteiger partial charge in [-0.05, 0) is 55.4 Å². The molecule has 1 unspecified atom stereocenters. The van der Waals surface area contributed by atoms with E-state index in [2.05, 4.69) is 10.2 Å². The molecule has 0 radical (unpaired) electrons. The molecule has 4 heterocycles. The van der Waals surface area contributed by atoms with Crippen molar-refractivity contribution in [3.63, 3.8) is 0 Å². The summed E-state index contributed by atoms with van der Waals surface area (Å²) in [4.78, 5) is 15.9. The average Bonchev–Trinajstić information content (AvgIpc) is 3.16. The molecule has 0 amide bonds. The van der Waals surface area contributed by atoms with Crippen molar-refractivity contribution in [1.29, 1.82) is 0 Å². The monoisotopic (exact) mass is 378 g/mol. The maximum atomic E-state index is 12.6. The summed E-state index contributed by atoms with van der Waals surface area (Å²) >= 11 is 1.54. The standard InChI is InChI=1S/C19H22N2O2S.ClH/c22-18(23)19(17-7-4-12-24-17,20-15-5-2-1-3-6-15)16-13-21-10-8-14(16)9-11-21;/h1-7,12,14,16,20H,8-11,13H2,(H,22,23);1H/t16-,19?;/m0./s1. The summed E-state index contributed by atoms with van der Waals surface area (Å²) in [5.41, 5.74) is -0.191. The second-order valence-electron chi connectivity index (χ2n) is 6.83. The highest BCUT2D eigenvalue weighted by molar-refractivity contribution is 7.10. The topological polar surface area (TPSA) is 52.6 Å². The number of carboxylic acids is 1. The third kappa shape index (κ3) is 3.16. The molecular weight excluding hydrogens is 356 g/mol. The first-order valence-electron chi connectivity index (χ1n) is 8.53. The van der Waals surface area contributed by atoms with Crippen LogP contribution in [0.3, 0.4) is 0 Å². The lowest BCUT2D eigenvalue weighted by Gasteiger charge is -2.51. The van der Waals surface area contributed by atoms with Gasteiger partial charge in [-0.25, -0.2) is 4.79 Å². The Morgan fingerprint density at radius 3 is 2.40 bits per heavy atom. The molecule has 3 saturated heterocycles. The molecule has 0 spiro atoms. The first-order chi connectivity index (χ1) is 11.7. The zero-order valence-electron chi connectivity index (χ0n) is 13.9. The van der Waals surface area contributed by atoms with Gasteiger partial charge < -0.3 is 15.3 Å². The molecule has 134 valence electrons. The average molecular weight is 379 g/mol. The molecule has 2 bridgehead atoms. The number of fused-ring (bicyclic) bond motifs is 3. The van der Waals surface area contributed by atoms with Crippen LogP contribution < -0.4 is 5.32 Å². The number of thiophene rings is 1. The molecule has 4 nitrogen and oxygen atoms in total. The Kier molecular flexibility index (Phi) is 5.37. The van der Waals surface area contributed by atoms with Crippen LogP contribution in [-0.4, -0.2) is 35.6 Å². The van der Waals surface area contributed by atoms with E-state index in [4.69, 9.17) is 0 Å². The molecule has 0 saturated carbocycles. The summed E-state index contributed by atoms with van der Waals surface area (Å²) in [6.45, 7) is 3.06. The summed E-state index contributed by atoms with van der Waals surface area (Å²) in [6.07, 6.45) is 2.20. The molecule has 0 aliphatic carbocycles. The van der Waals surface area contributed by atoms with Gasteiger partial charge in [0.25, 0.3) is 0 Å². The first kappa shape index (κ1) is 18.2. The zero-order chi connectivity index (χ0) is 16.6. The van der Waals surface area contributed by atoms with Gasteiger partial charge in [0.2, 0.25) is 0 Å². The van der Waals surface area contributed by atoms with Crippen LogP contribution in [0.4, 0.5) is 5.69 Å². The fraction of sp³-hybridized carbons (Fsp3) is 0.421. The lowest BCUT2D eigenvalue weighted by atomic mass is 9.67. The molecule has 3 fully saturated rings. The van der Waals surface area contributed by atoms with Crippen molar-refractivity contribution in [2.75, 3.05) is 25.0 Å². The van der Waals surface area contributed by atoms with E-state index in [1.807, 2.05) is 47.8 Å². The maximum absolute atomic E-state index is 12.6. The second kappa shape index (κ2) is 7.36. The van der Waals surface area contributed by atoms with Crippen molar-refractivity contribution < 1.29 is 9.90 Å².